The summed E-state index contributed by atoms with van der Waals surface area (Å²) in [4.78, 5) is 35.7. The third-order valence-electron chi connectivity index (χ3n) is 3.01. The molecule has 0 atom stereocenters. The molecule has 0 aliphatic carbocycles. The van der Waals surface area contributed by atoms with Gasteiger partial charge in [0.25, 0.3) is 0 Å². The molecule has 0 aliphatic heterocycles. The number of rotatable bonds is 9. The zero-order valence-electron chi connectivity index (χ0n) is 12.7. The van der Waals surface area contributed by atoms with Crippen molar-refractivity contribution in [2.24, 2.45) is 0 Å². The summed E-state index contributed by atoms with van der Waals surface area (Å²) in [5.41, 5.74) is 0.926. The van der Waals surface area contributed by atoms with Crippen molar-refractivity contribution >= 4 is 17.8 Å². The predicted molar refractivity (Wildman–Crippen MR) is 80.0 cm³/mol. The normalized spacial score (nSPS) is 10.0. The van der Waals surface area contributed by atoms with Crippen LogP contribution in [0.25, 0.3) is 0 Å². The Labute approximate surface area is 129 Å². The molecule has 1 N–H and O–H groups in total. The lowest BCUT2D eigenvalue weighted by molar-refractivity contribution is -0.145. The van der Waals surface area contributed by atoms with Crippen LogP contribution in [0.15, 0.2) is 30.3 Å². The molecular weight excluding hydrogens is 286 g/mol. The van der Waals surface area contributed by atoms with E-state index in [1.54, 1.807) is 6.92 Å². The van der Waals surface area contributed by atoms with Crippen molar-refractivity contribution in [2.75, 3.05) is 13.2 Å². The molecule has 0 heterocycles. The highest BCUT2D eigenvalue weighted by atomic mass is 16.5. The van der Waals surface area contributed by atoms with Gasteiger partial charge in [-0.05, 0) is 12.5 Å². The molecule has 1 amide bonds. The second-order valence-corrected chi connectivity index (χ2v) is 4.75. The van der Waals surface area contributed by atoms with E-state index in [0.29, 0.717) is 13.2 Å². The van der Waals surface area contributed by atoms with Gasteiger partial charge in [0.1, 0.15) is 0 Å². The molecule has 0 saturated heterocycles. The average molecular weight is 307 g/mol. The fourth-order valence-electron chi connectivity index (χ4n) is 1.93. The Hall–Kier alpha value is -2.37. The van der Waals surface area contributed by atoms with Crippen molar-refractivity contribution in [3.05, 3.63) is 35.9 Å². The minimum absolute atomic E-state index is 0.0784. The average Bonchev–Trinajstić information content (AvgIpc) is 2.50. The Morgan fingerprint density at radius 3 is 2.36 bits per heavy atom. The highest BCUT2D eigenvalue weighted by Crippen LogP contribution is 2.08. The van der Waals surface area contributed by atoms with E-state index in [0.717, 1.165) is 5.56 Å². The Balaban J connectivity index is 2.65. The van der Waals surface area contributed by atoms with Crippen LogP contribution in [0.3, 0.4) is 0 Å². The lowest BCUT2D eigenvalue weighted by Gasteiger charge is -2.22. The summed E-state index contributed by atoms with van der Waals surface area (Å²) >= 11 is 0. The summed E-state index contributed by atoms with van der Waals surface area (Å²) in [5, 5.41) is 8.68. The molecule has 6 nitrogen and oxygen atoms in total. The van der Waals surface area contributed by atoms with Crippen LogP contribution in [0.1, 0.15) is 31.7 Å². The molecule has 1 aromatic carbocycles. The van der Waals surface area contributed by atoms with Crippen molar-refractivity contribution in [3.63, 3.8) is 0 Å². The summed E-state index contributed by atoms with van der Waals surface area (Å²) in [7, 11) is 0. The van der Waals surface area contributed by atoms with Crippen molar-refractivity contribution in [3.8, 4) is 0 Å². The Kier molecular flexibility index (Phi) is 7.67. The van der Waals surface area contributed by atoms with Crippen molar-refractivity contribution in [2.45, 2.75) is 32.7 Å². The van der Waals surface area contributed by atoms with Crippen LogP contribution >= 0.6 is 0 Å². The quantitative estimate of drug-likeness (QED) is 0.704. The standard InChI is InChI=1S/C16H21NO5/c1-2-22-16(21)10-11-17(14(18)8-9-15(19)20)12-13-6-4-3-5-7-13/h3-7H,2,8-12H2,1H3,(H,19,20). The molecule has 1 aromatic rings. The van der Waals surface area contributed by atoms with Gasteiger partial charge in [0, 0.05) is 19.5 Å². The lowest BCUT2D eigenvalue weighted by Crippen LogP contribution is -2.33. The third kappa shape index (κ3) is 6.88. The highest BCUT2D eigenvalue weighted by molar-refractivity contribution is 5.81. The smallest absolute Gasteiger partial charge is 0.307 e. The number of esters is 1. The second-order valence-electron chi connectivity index (χ2n) is 4.75. The first-order valence-electron chi connectivity index (χ1n) is 7.22. The zero-order valence-corrected chi connectivity index (χ0v) is 12.7. The van der Waals surface area contributed by atoms with Gasteiger partial charge in [-0.25, -0.2) is 0 Å². The van der Waals surface area contributed by atoms with Gasteiger partial charge in [-0.2, -0.15) is 0 Å². The zero-order chi connectivity index (χ0) is 16.4. The summed E-state index contributed by atoms with van der Waals surface area (Å²) in [6.45, 7) is 2.58. The molecule has 0 bridgehead atoms. The number of amides is 1. The minimum Gasteiger partial charge on any atom is -0.481 e. The summed E-state index contributed by atoms with van der Waals surface area (Å²) in [5.74, 6) is -1.67. The van der Waals surface area contributed by atoms with Crippen LogP contribution in [-0.4, -0.2) is 41.0 Å². The van der Waals surface area contributed by atoms with E-state index in [4.69, 9.17) is 9.84 Å². The molecular formula is C16H21NO5. The molecule has 22 heavy (non-hydrogen) atoms. The molecule has 0 aromatic heterocycles. The maximum Gasteiger partial charge on any atom is 0.307 e. The van der Waals surface area contributed by atoms with E-state index in [1.165, 1.54) is 4.90 Å². The number of carbonyl (C=O) groups excluding carboxylic acids is 2. The number of benzene rings is 1. The lowest BCUT2D eigenvalue weighted by atomic mass is 10.2. The van der Waals surface area contributed by atoms with Crippen LogP contribution in [-0.2, 0) is 25.7 Å². The number of nitrogens with zero attached hydrogens (tertiary/aromatic N) is 1. The molecule has 0 radical (unpaired) electrons. The molecule has 120 valence electrons. The fraction of sp³-hybridized carbons (Fsp3) is 0.438. The second kappa shape index (κ2) is 9.55. The fourth-order valence-corrected chi connectivity index (χ4v) is 1.93. The number of carboxylic acid groups (broad SMARTS) is 1. The molecule has 0 saturated carbocycles. The molecule has 0 spiro atoms. The van der Waals surface area contributed by atoms with E-state index < -0.39 is 5.97 Å². The first-order chi connectivity index (χ1) is 10.5. The van der Waals surface area contributed by atoms with E-state index >= 15 is 0 Å². The van der Waals surface area contributed by atoms with E-state index in [-0.39, 0.29) is 37.7 Å². The Morgan fingerprint density at radius 2 is 1.77 bits per heavy atom. The number of ether oxygens (including phenoxy) is 1. The number of aliphatic carboxylic acids is 1. The summed E-state index contributed by atoms with van der Waals surface area (Å²) in [6.07, 6.45) is -0.200. The van der Waals surface area contributed by atoms with E-state index in [9.17, 15) is 14.4 Å². The number of carboxylic acids is 1. The largest absolute Gasteiger partial charge is 0.481 e. The van der Waals surface area contributed by atoms with Gasteiger partial charge in [0.2, 0.25) is 5.91 Å². The van der Waals surface area contributed by atoms with Crippen LogP contribution in [0.2, 0.25) is 0 Å². The van der Waals surface area contributed by atoms with Gasteiger partial charge in [-0.15, -0.1) is 0 Å². The van der Waals surface area contributed by atoms with Crippen LogP contribution in [0.4, 0.5) is 0 Å². The van der Waals surface area contributed by atoms with Gasteiger partial charge in [0.15, 0.2) is 0 Å². The van der Waals surface area contributed by atoms with Crippen molar-refractivity contribution in [1.29, 1.82) is 0 Å². The summed E-state index contributed by atoms with van der Waals surface area (Å²) < 4.78 is 4.85. The van der Waals surface area contributed by atoms with Crippen molar-refractivity contribution in [1.82, 2.24) is 4.90 Å². The van der Waals surface area contributed by atoms with Gasteiger partial charge in [-0.3, -0.25) is 14.4 Å². The number of hydrogen-bond acceptors (Lipinski definition) is 4. The molecule has 0 fully saturated rings. The molecule has 0 aliphatic rings. The first kappa shape index (κ1) is 17.7. The maximum atomic E-state index is 12.1. The summed E-state index contributed by atoms with van der Waals surface area (Å²) in [6, 6.07) is 9.35. The highest BCUT2D eigenvalue weighted by Gasteiger charge is 2.17. The van der Waals surface area contributed by atoms with Crippen LogP contribution in [0, 0.1) is 0 Å². The SMILES string of the molecule is CCOC(=O)CCN(Cc1ccccc1)C(=O)CCC(=O)O. The topological polar surface area (TPSA) is 83.9 Å². The van der Waals surface area contributed by atoms with E-state index in [1.807, 2.05) is 30.3 Å². The van der Waals surface area contributed by atoms with E-state index in [2.05, 4.69) is 0 Å². The Bertz CT molecular complexity index is 501. The Morgan fingerprint density at radius 1 is 1.09 bits per heavy atom. The third-order valence-corrected chi connectivity index (χ3v) is 3.01. The maximum absolute atomic E-state index is 12.1. The van der Waals surface area contributed by atoms with Gasteiger partial charge < -0.3 is 14.7 Å². The number of hydrogen-bond donors (Lipinski definition) is 1. The molecule has 6 heteroatoms. The van der Waals surface area contributed by atoms with Crippen LogP contribution < -0.4 is 0 Å². The van der Waals surface area contributed by atoms with Gasteiger partial charge in [-0.1, -0.05) is 30.3 Å². The minimum atomic E-state index is -1.02. The molecule has 0 unspecified atom stereocenters. The molecule has 1 rings (SSSR count). The van der Waals surface area contributed by atoms with Gasteiger partial charge in [0.05, 0.1) is 19.4 Å². The number of carbonyl (C=O) groups is 3. The van der Waals surface area contributed by atoms with Crippen LogP contribution in [0.5, 0.6) is 0 Å². The monoisotopic (exact) mass is 307 g/mol. The first-order valence-corrected chi connectivity index (χ1v) is 7.22. The van der Waals surface area contributed by atoms with Crippen molar-refractivity contribution < 1.29 is 24.2 Å². The van der Waals surface area contributed by atoms with Gasteiger partial charge >= 0.3 is 11.9 Å². The predicted octanol–water partition coefficient (Wildman–Crippen LogP) is 1.83.